The van der Waals surface area contributed by atoms with Gasteiger partial charge in [0.2, 0.25) is 0 Å². The van der Waals surface area contributed by atoms with Crippen molar-refractivity contribution in [3.05, 3.63) is 11.9 Å². The monoisotopic (exact) mass is 290 g/mol. The zero-order chi connectivity index (χ0) is 15.2. The number of hydrogen-bond acceptors (Lipinski definition) is 4. The van der Waals surface area contributed by atoms with Gasteiger partial charge in [0.1, 0.15) is 18.0 Å². The van der Waals surface area contributed by atoms with E-state index in [1.165, 1.54) is 24.8 Å². The minimum Gasteiger partial charge on any atom is -0.370 e. The Morgan fingerprint density at radius 3 is 2.33 bits per heavy atom. The van der Waals surface area contributed by atoms with Gasteiger partial charge in [0, 0.05) is 18.2 Å². The molecule has 0 aromatic carbocycles. The first kappa shape index (κ1) is 16.1. The third kappa shape index (κ3) is 4.32. The lowest BCUT2D eigenvalue weighted by atomic mass is 9.80. The number of aromatic nitrogens is 2. The van der Waals surface area contributed by atoms with Crippen LogP contribution < -0.4 is 10.6 Å². The normalized spacial score (nSPS) is 25.6. The molecule has 0 bridgehead atoms. The van der Waals surface area contributed by atoms with Crippen LogP contribution in [0.3, 0.4) is 0 Å². The summed E-state index contributed by atoms with van der Waals surface area (Å²) in [7, 11) is 0. The van der Waals surface area contributed by atoms with E-state index in [-0.39, 0.29) is 0 Å². The van der Waals surface area contributed by atoms with Gasteiger partial charge in [0.25, 0.3) is 0 Å². The van der Waals surface area contributed by atoms with Gasteiger partial charge in [0.15, 0.2) is 0 Å². The van der Waals surface area contributed by atoms with E-state index in [9.17, 15) is 0 Å². The zero-order valence-corrected chi connectivity index (χ0v) is 13.9. The van der Waals surface area contributed by atoms with Crippen molar-refractivity contribution in [1.82, 2.24) is 9.97 Å². The van der Waals surface area contributed by atoms with Crippen molar-refractivity contribution < 1.29 is 0 Å². The second-order valence-corrected chi connectivity index (χ2v) is 6.59. The van der Waals surface area contributed by atoms with Crippen LogP contribution in [-0.2, 0) is 6.42 Å². The first-order chi connectivity index (χ1) is 10.1. The van der Waals surface area contributed by atoms with Gasteiger partial charge in [-0.25, -0.2) is 9.97 Å². The van der Waals surface area contributed by atoms with E-state index in [1.807, 2.05) is 0 Å². The van der Waals surface area contributed by atoms with Crippen molar-refractivity contribution in [2.75, 3.05) is 17.2 Å². The Hall–Kier alpha value is -1.32. The Balaban J connectivity index is 2.16. The van der Waals surface area contributed by atoms with Crippen LogP contribution in [0.5, 0.6) is 0 Å². The van der Waals surface area contributed by atoms with E-state index in [0.717, 1.165) is 42.9 Å². The average molecular weight is 290 g/mol. The summed E-state index contributed by atoms with van der Waals surface area (Å²) in [4.78, 5) is 8.93. The molecular weight excluding hydrogens is 260 g/mol. The Labute approximate surface area is 129 Å². The van der Waals surface area contributed by atoms with Crippen molar-refractivity contribution in [2.24, 2.45) is 11.8 Å². The van der Waals surface area contributed by atoms with E-state index >= 15 is 0 Å². The quantitative estimate of drug-likeness (QED) is 0.828. The van der Waals surface area contributed by atoms with E-state index in [1.54, 1.807) is 6.33 Å². The maximum absolute atomic E-state index is 4.52. The minimum atomic E-state index is 0.545. The predicted octanol–water partition coefficient (Wildman–Crippen LogP) is 4.10. The SMILES string of the molecule is CCCc1c(NCC)ncnc1NC1CC(C)CC(C)C1. The van der Waals surface area contributed by atoms with Gasteiger partial charge >= 0.3 is 0 Å². The molecule has 0 aliphatic heterocycles. The highest BCUT2D eigenvalue weighted by molar-refractivity contribution is 5.57. The molecule has 2 N–H and O–H groups in total. The smallest absolute Gasteiger partial charge is 0.134 e. The minimum absolute atomic E-state index is 0.545. The molecule has 118 valence electrons. The second kappa shape index (κ2) is 7.62. The van der Waals surface area contributed by atoms with Crippen LogP contribution >= 0.6 is 0 Å². The molecule has 2 atom stereocenters. The Bertz CT molecular complexity index is 436. The summed E-state index contributed by atoms with van der Waals surface area (Å²) >= 11 is 0. The summed E-state index contributed by atoms with van der Waals surface area (Å²) in [5.74, 6) is 3.63. The highest BCUT2D eigenvalue weighted by Crippen LogP contribution is 2.31. The van der Waals surface area contributed by atoms with Crippen LogP contribution in [0.15, 0.2) is 6.33 Å². The first-order valence-electron chi connectivity index (χ1n) is 8.48. The van der Waals surface area contributed by atoms with Crippen LogP contribution in [0.2, 0.25) is 0 Å². The summed E-state index contributed by atoms with van der Waals surface area (Å²) in [6.07, 6.45) is 7.65. The van der Waals surface area contributed by atoms with Gasteiger partial charge in [-0.05, 0) is 44.4 Å². The van der Waals surface area contributed by atoms with E-state index in [0.29, 0.717) is 6.04 Å². The highest BCUT2D eigenvalue weighted by Gasteiger charge is 2.25. The van der Waals surface area contributed by atoms with E-state index in [2.05, 4.69) is 48.3 Å². The van der Waals surface area contributed by atoms with Gasteiger partial charge < -0.3 is 10.6 Å². The van der Waals surface area contributed by atoms with E-state index < -0.39 is 0 Å². The van der Waals surface area contributed by atoms with Gasteiger partial charge in [-0.2, -0.15) is 0 Å². The van der Waals surface area contributed by atoms with Gasteiger partial charge in [-0.3, -0.25) is 0 Å². The third-order valence-electron chi connectivity index (χ3n) is 4.31. The maximum atomic E-state index is 4.52. The number of nitrogens with zero attached hydrogens (tertiary/aromatic N) is 2. The molecule has 1 aromatic rings. The molecule has 1 heterocycles. The average Bonchev–Trinajstić information content (AvgIpc) is 2.41. The predicted molar refractivity (Wildman–Crippen MR) is 89.8 cm³/mol. The third-order valence-corrected chi connectivity index (χ3v) is 4.31. The van der Waals surface area contributed by atoms with Crippen molar-refractivity contribution in [1.29, 1.82) is 0 Å². The molecule has 2 rings (SSSR count). The summed E-state index contributed by atoms with van der Waals surface area (Å²) in [6.45, 7) is 9.93. The van der Waals surface area contributed by atoms with Crippen molar-refractivity contribution in [3.8, 4) is 0 Å². The second-order valence-electron chi connectivity index (χ2n) is 6.59. The van der Waals surface area contributed by atoms with Crippen LogP contribution in [0, 0.1) is 11.8 Å². The molecule has 4 heteroatoms. The molecule has 1 fully saturated rings. The van der Waals surface area contributed by atoms with Crippen LogP contribution in [0.1, 0.15) is 58.9 Å². The molecule has 4 nitrogen and oxygen atoms in total. The van der Waals surface area contributed by atoms with Crippen molar-refractivity contribution in [3.63, 3.8) is 0 Å². The molecule has 1 aliphatic rings. The Morgan fingerprint density at radius 1 is 1.05 bits per heavy atom. The first-order valence-corrected chi connectivity index (χ1v) is 8.48. The summed E-state index contributed by atoms with van der Waals surface area (Å²) in [5, 5.41) is 7.07. The van der Waals surface area contributed by atoms with Crippen LogP contribution in [0.25, 0.3) is 0 Å². The molecule has 2 unspecified atom stereocenters. The lowest BCUT2D eigenvalue weighted by Gasteiger charge is -2.32. The zero-order valence-electron chi connectivity index (χ0n) is 13.9. The van der Waals surface area contributed by atoms with Crippen molar-refractivity contribution >= 4 is 11.6 Å². The van der Waals surface area contributed by atoms with Gasteiger partial charge in [0.05, 0.1) is 0 Å². The topological polar surface area (TPSA) is 49.8 Å². The van der Waals surface area contributed by atoms with Crippen molar-refractivity contribution in [2.45, 2.75) is 65.8 Å². The highest BCUT2D eigenvalue weighted by atomic mass is 15.1. The molecule has 0 saturated heterocycles. The number of nitrogens with one attached hydrogen (secondary N) is 2. The standard InChI is InChI=1S/C17H30N4/c1-5-7-15-16(18-6-2)19-11-20-17(15)21-14-9-12(3)8-13(4)10-14/h11-14H,5-10H2,1-4H3,(H2,18,19,20,21). The fourth-order valence-corrected chi connectivity index (χ4v) is 3.60. The molecule has 1 aliphatic carbocycles. The van der Waals surface area contributed by atoms with Gasteiger partial charge in [-0.1, -0.05) is 27.2 Å². The Kier molecular flexibility index (Phi) is 5.83. The fourth-order valence-electron chi connectivity index (χ4n) is 3.60. The lowest BCUT2D eigenvalue weighted by molar-refractivity contribution is 0.280. The van der Waals surface area contributed by atoms with Gasteiger partial charge in [-0.15, -0.1) is 0 Å². The fraction of sp³-hybridized carbons (Fsp3) is 0.765. The summed E-state index contributed by atoms with van der Waals surface area (Å²) < 4.78 is 0. The molecule has 21 heavy (non-hydrogen) atoms. The summed E-state index contributed by atoms with van der Waals surface area (Å²) in [5.41, 5.74) is 1.24. The largest absolute Gasteiger partial charge is 0.370 e. The maximum Gasteiger partial charge on any atom is 0.134 e. The molecular formula is C17H30N4. The number of hydrogen-bond donors (Lipinski definition) is 2. The molecule has 1 saturated carbocycles. The molecule has 0 spiro atoms. The van der Waals surface area contributed by atoms with Crippen LogP contribution in [-0.4, -0.2) is 22.6 Å². The van der Waals surface area contributed by atoms with Crippen LogP contribution in [0.4, 0.5) is 11.6 Å². The Morgan fingerprint density at radius 2 is 1.71 bits per heavy atom. The molecule has 0 amide bonds. The lowest BCUT2D eigenvalue weighted by Crippen LogP contribution is -2.31. The van der Waals surface area contributed by atoms with E-state index in [4.69, 9.17) is 0 Å². The summed E-state index contributed by atoms with van der Waals surface area (Å²) in [6, 6.07) is 0.545. The molecule has 1 aromatic heterocycles. The molecule has 0 radical (unpaired) electrons. The number of anilines is 2. The number of rotatable bonds is 6.